The largest absolute Gasteiger partial charge is 0.345 e. The van der Waals surface area contributed by atoms with E-state index in [0.717, 1.165) is 11.3 Å². The summed E-state index contributed by atoms with van der Waals surface area (Å²) in [6.07, 6.45) is 5.09. The van der Waals surface area contributed by atoms with Crippen molar-refractivity contribution in [2.24, 2.45) is 7.05 Å². The summed E-state index contributed by atoms with van der Waals surface area (Å²) in [5, 5.41) is 2.81. The van der Waals surface area contributed by atoms with Gasteiger partial charge in [0.15, 0.2) is 5.82 Å². The fourth-order valence-corrected chi connectivity index (χ4v) is 3.53. The van der Waals surface area contributed by atoms with E-state index in [9.17, 15) is 13.2 Å². The third kappa shape index (κ3) is 3.31. The third-order valence-corrected chi connectivity index (χ3v) is 5.32. The van der Waals surface area contributed by atoms with E-state index in [1.54, 1.807) is 30.1 Å². The maximum Gasteiger partial charge on any atom is 0.287 e. The molecule has 8 nitrogen and oxygen atoms in total. The Hall–Kier alpha value is -2.26. The molecule has 1 N–H and O–H groups in total. The Morgan fingerprint density at radius 1 is 1.42 bits per heavy atom. The molecule has 128 valence electrons. The molecule has 0 saturated heterocycles. The molecule has 1 aliphatic heterocycles. The van der Waals surface area contributed by atoms with Crippen LogP contribution in [0.15, 0.2) is 24.5 Å². The summed E-state index contributed by atoms with van der Waals surface area (Å²) >= 11 is 0. The molecule has 3 heterocycles. The molecule has 24 heavy (non-hydrogen) atoms. The molecular formula is C15H19N5O3S. The number of fused-ring (bicyclic) bond motifs is 1. The van der Waals surface area contributed by atoms with E-state index in [-0.39, 0.29) is 12.5 Å². The number of sulfonamides is 1. The minimum atomic E-state index is -3.26. The number of amides is 1. The highest BCUT2D eigenvalue weighted by atomic mass is 32.2. The first-order valence-electron chi connectivity index (χ1n) is 7.53. The van der Waals surface area contributed by atoms with Crippen molar-refractivity contribution in [2.75, 3.05) is 12.8 Å². The van der Waals surface area contributed by atoms with Gasteiger partial charge in [0.2, 0.25) is 10.0 Å². The van der Waals surface area contributed by atoms with Gasteiger partial charge in [0.25, 0.3) is 5.91 Å². The molecule has 3 rings (SSSR count). The van der Waals surface area contributed by atoms with Gasteiger partial charge in [-0.1, -0.05) is 6.07 Å². The fraction of sp³-hybridized carbons (Fsp3) is 0.400. The van der Waals surface area contributed by atoms with Gasteiger partial charge in [-0.25, -0.2) is 13.4 Å². The van der Waals surface area contributed by atoms with Crippen LogP contribution < -0.4 is 5.32 Å². The summed E-state index contributed by atoms with van der Waals surface area (Å²) in [4.78, 5) is 20.7. The van der Waals surface area contributed by atoms with E-state index in [4.69, 9.17) is 0 Å². The van der Waals surface area contributed by atoms with E-state index in [1.807, 2.05) is 6.07 Å². The van der Waals surface area contributed by atoms with Crippen LogP contribution in [0.4, 0.5) is 0 Å². The zero-order valence-corrected chi connectivity index (χ0v) is 14.4. The highest BCUT2D eigenvalue weighted by molar-refractivity contribution is 7.88. The van der Waals surface area contributed by atoms with Crippen molar-refractivity contribution in [1.82, 2.24) is 24.2 Å². The van der Waals surface area contributed by atoms with Crippen molar-refractivity contribution >= 4 is 15.9 Å². The molecular weight excluding hydrogens is 330 g/mol. The Balaban J connectivity index is 1.76. The van der Waals surface area contributed by atoms with Crippen LogP contribution >= 0.6 is 0 Å². The Morgan fingerprint density at radius 2 is 2.21 bits per heavy atom. The summed E-state index contributed by atoms with van der Waals surface area (Å²) in [6, 6.07) is 3.68. The number of nitrogens with one attached hydrogen (secondary N) is 1. The smallest absolute Gasteiger partial charge is 0.287 e. The zero-order chi connectivity index (χ0) is 17.3. The Kier molecular flexibility index (Phi) is 4.37. The molecule has 0 unspecified atom stereocenters. The average Bonchev–Trinajstić information content (AvgIpc) is 2.89. The van der Waals surface area contributed by atoms with Gasteiger partial charge in [-0.05, 0) is 11.6 Å². The second-order valence-electron chi connectivity index (χ2n) is 5.78. The first-order valence-corrected chi connectivity index (χ1v) is 9.38. The van der Waals surface area contributed by atoms with Gasteiger partial charge in [-0.15, -0.1) is 0 Å². The van der Waals surface area contributed by atoms with Crippen LogP contribution in [-0.4, -0.2) is 46.0 Å². The molecule has 0 aromatic carbocycles. The minimum Gasteiger partial charge on any atom is -0.345 e. The number of rotatable bonds is 4. The molecule has 9 heteroatoms. The normalized spacial score (nSPS) is 15.1. The SMILES string of the molecule is Cn1c(C(=O)NCc2cccnc2)nc2c1CCN(S(C)(=O)=O)C2. The highest BCUT2D eigenvalue weighted by Gasteiger charge is 2.28. The van der Waals surface area contributed by atoms with Crippen molar-refractivity contribution < 1.29 is 13.2 Å². The fourth-order valence-electron chi connectivity index (χ4n) is 2.75. The average molecular weight is 349 g/mol. The molecule has 2 aromatic heterocycles. The van der Waals surface area contributed by atoms with Crippen molar-refractivity contribution in [3.05, 3.63) is 47.3 Å². The zero-order valence-electron chi connectivity index (χ0n) is 13.6. The van der Waals surface area contributed by atoms with Gasteiger partial charge in [0, 0.05) is 44.6 Å². The summed E-state index contributed by atoms with van der Waals surface area (Å²) in [5.41, 5.74) is 2.44. The molecule has 0 spiro atoms. The molecule has 0 fully saturated rings. The Labute approximate surface area is 140 Å². The lowest BCUT2D eigenvalue weighted by Gasteiger charge is -2.24. The first kappa shape index (κ1) is 16.6. The summed E-state index contributed by atoms with van der Waals surface area (Å²) in [5.74, 6) is 0.000833. The quantitative estimate of drug-likeness (QED) is 0.842. The molecule has 0 bridgehead atoms. The number of imidazole rings is 1. The maximum atomic E-state index is 12.4. The molecule has 0 aliphatic carbocycles. The second kappa shape index (κ2) is 6.33. The lowest BCUT2D eigenvalue weighted by molar-refractivity contribution is 0.0937. The van der Waals surface area contributed by atoms with E-state index in [1.165, 1.54) is 10.6 Å². The summed E-state index contributed by atoms with van der Waals surface area (Å²) < 4.78 is 26.5. The van der Waals surface area contributed by atoms with Gasteiger partial charge in [-0.2, -0.15) is 4.31 Å². The Bertz CT molecular complexity index is 861. The first-order chi connectivity index (χ1) is 11.4. The molecule has 1 aliphatic rings. The van der Waals surface area contributed by atoms with Crippen LogP contribution in [0.3, 0.4) is 0 Å². The minimum absolute atomic E-state index is 0.206. The van der Waals surface area contributed by atoms with Gasteiger partial charge >= 0.3 is 0 Å². The number of hydrogen-bond acceptors (Lipinski definition) is 5. The predicted molar refractivity (Wildman–Crippen MR) is 87.6 cm³/mol. The number of hydrogen-bond donors (Lipinski definition) is 1. The van der Waals surface area contributed by atoms with Gasteiger partial charge in [0.05, 0.1) is 18.5 Å². The number of aromatic nitrogens is 3. The molecule has 2 aromatic rings. The maximum absolute atomic E-state index is 12.4. The summed E-state index contributed by atoms with van der Waals surface area (Å²) in [6.45, 7) is 0.972. The molecule has 0 saturated carbocycles. The number of carbonyl (C=O) groups is 1. The van der Waals surface area contributed by atoms with Crippen molar-refractivity contribution in [1.29, 1.82) is 0 Å². The van der Waals surface area contributed by atoms with Crippen LogP contribution in [-0.2, 0) is 36.6 Å². The van der Waals surface area contributed by atoms with Crippen LogP contribution in [0.2, 0.25) is 0 Å². The molecule has 0 atom stereocenters. The Morgan fingerprint density at radius 3 is 2.88 bits per heavy atom. The monoisotopic (exact) mass is 349 g/mol. The van der Waals surface area contributed by atoms with Crippen molar-refractivity contribution in [3.63, 3.8) is 0 Å². The lowest BCUT2D eigenvalue weighted by Crippen LogP contribution is -2.35. The van der Waals surface area contributed by atoms with Crippen LogP contribution in [0.1, 0.15) is 27.6 Å². The summed E-state index contributed by atoms with van der Waals surface area (Å²) in [7, 11) is -1.48. The van der Waals surface area contributed by atoms with Gasteiger partial charge in [0.1, 0.15) is 0 Å². The standard InChI is InChI=1S/C15H19N5O3S/c1-19-13-5-7-20(24(2,22)23)10-12(13)18-14(19)15(21)17-9-11-4-3-6-16-8-11/h3-4,6,8H,5,7,9-10H2,1-2H3,(H,17,21). The predicted octanol–water partition coefficient (Wildman–Crippen LogP) is 0.0628. The van der Waals surface area contributed by atoms with E-state index < -0.39 is 10.0 Å². The molecule has 0 radical (unpaired) electrons. The van der Waals surface area contributed by atoms with E-state index in [0.29, 0.717) is 31.0 Å². The van der Waals surface area contributed by atoms with Crippen molar-refractivity contribution in [3.8, 4) is 0 Å². The van der Waals surface area contributed by atoms with Gasteiger partial charge in [-0.3, -0.25) is 9.78 Å². The second-order valence-corrected chi connectivity index (χ2v) is 7.76. The highest BCUT2D eigenvalue weighted by Crippen LogP contribution is 2.21. The number of pyridine rings is 1. The van der Waals surface area contributed by atoms with Crippen LogP contribution in [0.25, 0.3) is 0 Å². The van der Waals surface area contributed by atoms with Gasteiger partial charge < -0.3 is 9.88 Å². The topological polar surface area (TPSA) is 97.2 Å². The van der Waals surface area contributed by atoms with Crippen LogP contribution in [0, 0.1) is 0 Å². The third-order valence-electron chi connectivity index (χ3n) is 4.07. The number of nitrogens with zero attached hydrogens (tertiary/aromatic N) is 4. The lowest BCUT2D eigenvalue weighted by atomic mass is 10.2. The van der Waals surface area contributed by atoms with E-state index >= 15 is 0 Å². The van der Waals surface area contributed by atoms with Crippen molar-refractivity contribution in [2.45, 2.75) is 19.5 Å². The molecule has 1 amide bonds. The van der Waals surface area contributed by atoms with Crippen LogP contribution in [0.5, 0.6) is 0 Å². The number of carbonyl (C=O) groups excluding carboxylic acids is 1. The van der Waals surface area contributed by atoms with E-state index in [2.05, 4.69) is 15.3 Å².